The van der Waals surface area contributed by atoms with Crippen molar-refractivity contribution in [2.45, 2.75) is 11.4 Å². The number of thioether (sulfide) groups is 1. The summed E-state index contributed by atoms with van der Waals surface area (Å²) < 4.78 is 4.81. The summed E-state index contributed by atoms with van der Waals surface area (Å²) in [6.07, 6.45) is 2.10. The maximum atomic E-state index is 12.7. The number of amides is 3. The number of carbonyl (C=O) groups excluding carboxylic acids is 4. The molecule has 3 heterocycles. The van der Waals surface area contributed by atoms with E-state index in [4.69, 9.17) is 15.3 Å². The molecule has 1 aromatic heterocycles. The Morgan fingerprint density at radius 2 is 2.21 bits per heavy atom. The molecule has 1 aromatic rings. The monoisotopic (exact) mass is 520 g/mol. The van der Waals surface area contributed by atoms with Crippen molar-refractivity contribution in [1.29, 1.82) is 0 Å². The molecule has 34 heavy (non-hydrogen) atoms. The molecule has 2 saturated heterocycles. The van der Waals surface area contributed by atoms with E-state index in [0.717, 1.165) is 11.3 Å². The van der Waals surface area contributed by atoms with Gasteiger partial charge in [0.1, 0.15) is 30.8 Å². The van der Waals surface area contributed by atoms with Gasteiger partial charge >= 0.3 is 35.7 Å². The van der Waals surface area contributed by atoms with Crippen LogP contribution >= 0.6 is 23.1 Å². The topological polar surface area (TPSA) is 188 Å². The van der Waals surface area contributed by atoms with Crippen molar-refractivity contribution < 1.29 is 63.4 Å². The Bertz CT molecular complexity index is 1020. The first kappa shape index (κ1) is 27.9. The molecule has 2 aliphatic rings. The molecule has 16 heteroatoms. The molecule has 13 nitrogen and oxygen atoms in total. The van der Waals surface area contributed by atoms with Gasteiger partial charge in [0.25, 0.3) is 5.91 Å². The van der Waals surface area contributed by atoms with Crippen LogP contribution < -0.4 is 51.0 Å². The number of β-lactam (4-membered cyclic amide) rings is 1. The number of thiazole rings is 1. The van der Waals surface area contributed by atoms with E-state index < -0.39 is 40.7 Å². The Kier molecular flexibility index (Phi) is 9.75. The molecule has 0 spiro atoms. The van der Waals surface area contributed by atoms with Gasteiger partial charge in [0.05, 0.1) is 11.4 Å². The predicted molar refractivity (Wildman–Crippen MR) is 117 cm³/mol. The number of carboxylic acid groups (broad SMARTS) is 1. The van der Waals surface area contributed by atoms with Gasteiger partial charge in [-0.1, -0.05) is 17.3 Å². The summed E-state index contributed by atoms with van der Waals surface area (Å²) in [5, 5.41) is 21.7. The van der Waals surface area contributed by atoms with Crippen molar-refractivity contribution in [2.75, 3.05) is 38.8 Å². The molecule has 3 amide bonds. The smallest absolute Gasteiger partial charge is 0.549 e. The van der Waals surface area contributed by atoms with Crippen LogP contribution in [0.2, 0.25) is 0 Å². The summed E-state index contributed by atoms with van der Waals surface area (Å²) in [6, 6.07) is -0.874. The number of carbonyl (C=O) groups is 4. The normalized spacial score (nSPS) is 23.9. The van der Waals surface area contributed by atoms with Gasteiger partial charge in [-0.05, 0) is 0 Å². The second-order valence-corrected chi connectivity index (χ2v) is 9.00. The van der Waals surface area contributed by atoms with E-state index >= 15 is 0 Å². The number of ether oxygens (including phenoxy) is 1. The van der Waals surface area contributed by atoms with Crippen LogP contribution in [0, 0.1) is 5.41 Å². The van der Waals surface area contributed by atoms with Gasteiger partial charge in [0.2, 0.25) is 5.91 Å². The summed E-state index contributed by atoms with van der Waals surface area (Å²) in [5.41, 5.74) is 4.21. The molecule has 2 unspecified atom stereocenters. The maximum Gasteiger partial charge on any atom is 1.00 e. The first-order valence-corrected chi connectivity index (χ1v) is 11.4. The third-order valence-electron chi connectivity index (χ3n) is 4.91. The number of nitrogens with two attached hydrogens (primary N) is 1. The minimum Gasteiger partial charge on any atom is -0.549 e. The van der Waals surface area contributed by atoms with E-state index in [9.17, 15) is 24.3 Å². The molecule has 4 N–H and O–H groups in total. The summed E-state index contributed by atoms with van der Waals surface area (Å²) in [6.45, 7) is -0.283. The van der Waals surface area contributed by atoms with E-state index in [1.165, 1.54) is 48.4 Å². The van der Waals surface area contributed by atoms with E-state index in [2.05, 4.69) is 20.8 Å². The summed E-state index contributed by atoms with van der Waals surface area (Å²) in [7, 11) is 2.66. The second-order valence-electron chi connectivity index (χ2n) is 7.01. The number of nitrogens with zero attached hydrogens (tertiary/aromatic N) is 3. The number of hydrogen-bond acceptors (Lipinski definition) is 12. The van der Waals surface area contributed by atoms with Gasteiger partial charge in [-0.25, -0.2) is 9.78 Å². The van der Waals surface area contributed by atoms with E-state index in [0.29, 0.717) is 0 Å². The standard InChI is InChI=1S/C18H22N6O7S2.Na/c1-20-17(29)31-5-3-4-18(15(27)28)7-24-13(26)11(14(24)33-8-18)22-12(25)10(23-30-2)9-6-32-16(19)21-9;/h3-4,6,11,14H,5,7-8H2,1-2H3,(H2,19,21)(H,20,29)(H,22,25)(H,27,28);/q;+1/p-1/t11?,14-,18?;/m1./s1. The number of nitrogen functional groups attached to an aromatic ring is 1. The number of fused-ring (bicyclic) bond motifs is 1. The number of aliphatic carboxylic acids is 1. The fourth-order valence-electron chi connectivity index (χ4n) is 3.26. The van der Waals surface area contributed by atoms with Crippen LogP contribution in [0.25, 0.3) is 0 Å². The molecule has 3 rings (SSSR count). The summed E-state index contributed by atoms with van der Waals surface area (Å²) >= 11 is 2.31. The van der Waals surface area contributed by atoms with Crippen molar-refractivity contribution in [3.8, 4) is 0 Å². The average Bonchev–Trinajstić information content (AvgIpc) is 3.23. The van der Waals surface area contributed by atoms with E-state index in [-0.39, 0.29) is 65.0 Å². The molecule has 2 fully saturated rings. The van der Waals surface area contributed by atoms with Gasteiger partial charge in [-0.15, -0.1) is 23.1 Å². The van der Waals surface area contributed by atoms with Crippen molar-refractivity contribution in [3.63, 3.8) is 0 Å². The third-order valence-corrected chi connectivity index (χ3v) is 7.14. The second kappa shape index (κ2) is 11.9. The SMILES string of the molecule is CNC(=O)OCC=CC1(C(=O)[O-])CS[C@@H]2C(NC(=O)C(=NOC)c3csc(N)n3)C(=O)N2C1.[Na+]. The Morgan fingerprint density at radius 1 is 1.47 bits per heavy atom. The van der Waals surface area contributed by atoms with Crippen LogP contribution in [-0.2, 0) is 24.0 Å². The van der Waals surface area contributed by atoms with Crippen LogP contribution in [0.5, 0.6) is 0 Å². The van der Waals surface area contributed by atoms with Crippen LogP contribution in [0.15, 0.2) is 22.7 Å². The Labute approximate surface area is 224 Å². The van der Waals surface area contributed by atoms with E-state index in [1.54, 1.807) is 0 Å². The molecule has 2 aliphatic heterocycles. The van der Waals surface area contributed by atoms with Crippen molar-refractivity contribution in [3.05, 3.63) is 23.2 Å². The van der Waals surface area contributed by atoms with Crippen LogP contribution in [-0.4, -0.2) is 84.0 Å². The number of nitrogens with one attached hydrogen (secondary N) is 2. The number of carboxylic acids is 1. The minimum atomic E-state index is -1.46. The molecular weight excluding hydrogens is 499 g/mol. The number of hydrogen-bond donors (Lipinski definition) is 3. The molecule has 0 aromatic carbocycles. The largest absolute Gasteiger partial charge is 1.00 e. The Hall–Kier alpha value is -2.33. The number of alkyl carbamates (subject to hydrolysis) is 1. The third kappa shape index (κ3) is 5.83. The van der Waals surface area contributed by atoms with Crippen LogP contribution in [0.1, 0.15) is 5.69 Å². The van der Waals surface area contributed by atoms with E-state index in [1.807, 2.05) is 0 Å². The predicted octanol–water partition coefficient (Wildman–Crippen LogP) is -4.87. The fourth-order valence-corrected chi connectivity index (χ4v) is 5.32. The number of rotatable bonds is 8. The maximum absolute atomic E-state index is 12.7. The first-order valence-electron chi connectivity index (χ1n) is 9.51. The molecular formula is C18H21N6NaO7S2. The quantitative estimate of drug-likeness (QED) is 0.0986. The van der Waals surface area contributed by atoms with Crippen molar-refractivity contribution >= 4 is 57.8 Å². The van der Waals surface area contributed by atoms with Gasteiger partial charge in [-0.3, -0.25) is 9.59 Å². The first-order chi connectivity index (χ1) is 15.7. The Balaban J connectivity index is 0.00000408. The molecule has 3 atom stereocenters. The minimum absolute atomic E-state index is 0. The van der Waals surface area contributed by atoms with Crippen molar-refractivity contribution in [2.24, 2.45) is 10.6 Å². The fraction of sp³-hybridized carbons (Fsp3) is 0.444. The Morgan fingerprint density at radius 3 is 2.79 bits per heavy atom. The summed E-state index contributed by atoms with van der Waals surface area (Å²) in [5.74, 6) is -2.39. The zero-order valence-corrected chi connectivity index (χ0v) is 22.2. The van der Waals surface area contributed by atoms with Gasteiger partial charge in [0.15, 0.2) is 10.8 Å². The number of anilines is 1. The molecule has 0 bridgehead atoms. The van der Waals surface area contributed by atoms with Crippen LogP contribution in [0.4, 0.5) is 9.93 Å². The average molecular weight is 521 g/mol. The number of aromatic nitrogens is 1. The van der Waals surface area contributed by atoms with Gasteiger partial charge in [0, 0.05) is 24.7 Å². The molecule has 178 valence electrons. The zero-order valence-electron chi connectivity index (χ0n) is 18.6. The van der Waals surface area contributed by atoms with Crippen molar-refractivity contribution in [1.82, 2.24) is 20.5 Å². The summed E-state index contributed by atoms with van der Waals surface area (Å²) in [4.78, 5) is 58.5. The molecule has 0 radical (unpaired) electrons. The number of oxime groups is 1. The molecule has 0 aliphatic carbocycles. The molecule has 0 saturated carbocycles. The van der Waals surface area contributed by atoms with Gasteiger partial charge < -0.3 is 40.7 Å². The zero-order chi connectivity index (χ0) is 24.2. The van der Waals surface area contributed by atoms with Gasteiger partial charge in [-0.2, -0.15) is 0 Å². The van der Waals surface area contributed by atoms with Crippen LogP contribution in [0.3, 0.4) is 0 Å².